The molecule has 0 atom stereocenters. The minimum absolute atomic E-state index is 0.439. The highest BCUT2D eigenvalue weighted by molar-refractivity contribution is 5.67. The highest BCUT2D eigenvalue weighted by Crippen LogP contribution is 2.24. The molecule has 0 saturated carbocycles. The Morgan fingerprint density at radius 3 is 2.35 bits per heavy atom. The summed E-state index contributed by atoms with van der Waals surface area (Å²) in [6.45, 7) is 2.14. The third-order valence-corrected chi connectivity index (χ3v) is 2.76. The number of anilines is 3. The first-order valence-electron chi connectivity index (χ1n) is 5.61. The van der Waals surface area contributed by atoms with Crippen molar-refractivity contribution in [2.75, 3.05) is 17.7 Å². The molecule has 0 aliphatic rings. The second kappa shape index (κ2) is 4.82. The molecule has 0 radical (unpaired) electrons. The van der Waals surface area contributed by atoms with E-state index in [1.165, 1.54) is 5.56 Å². The monoisotopic (exact) mass is 228 g/mol. The summed E-state index contributed by atoms with van der Waals surface area (Å²) < 4.78 is 0. The van der Waals surface area contributed by atoms with Crippen molar-refractivity contribution >= 4 is 17.3 Å². The fraction of sp³-hybridized carbons (Fsp3) is 0.231. The summed E-state index contributed by atoms with van der Waals surface area (Å²) in [7, 11) is 1.93. The lowest BCUT2D eigenvalue weighted by Gasteiger charge is -2.19. The van der Waals surface area contributed by atoms with Crippen molar-refractivity contribution in [2.24, 2.45) is 0 Å². The van der Waals surface area contributed by atoms with Crippen molar-refractivity contribution in [2.45, 2.75) is 13.3 Å². The summed E-state index contributed by atoms with van der Waals surface area (Å²) in [6.07, 6.45) is 4.27. The zero-order valence-electron chi connectivity index (χ0n) is 10.1. The number of nitrogens with zero attached hydrogens (tertiary/aromatic N) is 3. The molecule has 2 aromatic rings. The Kier molecular flexibility index (Phi) is 3.23. The van der Waals surface area contributed by atoms with Crippen LogP contribution >= 0.6 is 0 Å². The van der Waals surface area contributed by atoms with Gasteiger partial charge in [-0.25, -0.2) is 9.97 Å². The first-order valence-corrected chi connectivity index (χ1v) is 5.61. The molecular formula is C13H16N4. The molecular weight excluding hydrogens is 212 g/mol. The van der Waals surface area contributed by atoms with E-state index < -0.39 is 0 Å². The van der Waals surface area contributed by atoms with Crippen molar-refractivity contribution in [1.82, 2.24) is 9.97 Å². The Labute approximate surface area is 101 Å². The lowest BCUT2D eigenvalue weighted by atomic mass is 10.1. The third kappa shape index (κ3) is 2.36. The molecule has 2 N–H and O–H groups in total. The van der Waals surface area contributed by atoms with E-state index in [9.17, 15) is 0 Å². The molecule has 4 heteroatoms. The van der Waals surface area contributed by atoms with E-state index in [0.29, 0.717) is 11.6 Å². The van der Waals surface area contributed by atoms with E-state index in [1.807, 2.05) is 11.9 Å². The lowest BCUT2D eigenvalue weighted by molar-refractivity contribution is 1.09. The number of aromatic nitrogens is 2. The zero-order chi connectivity index (χ0) is 12.3. The Balaban J connectivity index is 2.30. The molecule has 0 fully saturated rings. The van der Waals surface area contributed by atoms with E-state index >= 15 is 0 Å². The predicted octanol–water partition coefficient (Wildman–Crippen LogP) is 2.39. The number of aryl methyl sites for hydroxylation is 1. The fourth-order valence-electron chi connectivity index (χ4n) is 1.68. The fourth-order valence-corrected chi connectivity index (χ4v) is 1.68. The largest absolute Gasteiger partial charge is 0.381 e. The number of nitrogens with two attached hydrogens (primary N) is 1. The van der Waals surface area contributed by atoms with Gasteiger partial charge in [0.15, 0.2) is 11.6 Å². The van der Waals surface area contributed by atoms with Crippen LogP contribution < -0.4 is 10.6 Å². The maximum atomic E-state index is 5.80. The maximum absolute atomic E-state index is 5.80. The average molecular weight is 228 g/mol. The Hall–Kier alpha value is -2.10. The zero-order valence-corrected chi connectivity index (χ0v) is 10.1. The van der Waals surface area contributed by atoms with Crippen LogP contribution in [0.5, 0.6) is 0 Å². The van der Waals surface area contributed by atoms with Gasteiger partial charge >= 0.3 is 0 Å². The Morgan fingerprint density at radius 1 is 1.12 bits per heavy atom. The molecule has 2 rings (SSSR count). The molecule has 0 aliphatic heterocycles. The standard InChI is InChI=1S/C13H16N4/c1-3-10-4-6-11(7-5-10)17(2)13-12(14)15-8-9-16-13/h4-9H,3H2,1-2H3,(H2,14,15). The molecule has 0 unspecified atom stereocenters. The summed E-state index contributed by atoms with van der Waals surface area (Å²) in [4.78, 5) is 10.2. The molecule has 0 amide bonds. The topological polar surface area (TPSA) is 55.0 Å². The van der Waals surface area contributed by atoms with Crippen LogP contribution in [0.15, 0.2) is 36.7 Å². The smallest absolute Gasteiger partial charge is 0.175 e. The summed E-state index contributed by atoms with van der Waals surface area (Å²) in [6, 6.07) is 8.34. The molecule has 1 aromatic carbocycles. The third-order valence-electron chi connectivity index (χ3n) is 2.76. The van der Waals surface area contributed by atoms with Crippen molar-refractivity contribution in [1.29, 1.82) is 0 Å². The summed E-state index contributed by atoms with van der Waals surface area (Å²) in [5, 5.41) is 0. The maximum Gasteiger partial charge on any atom is 0.175 e. The SMILES string of the molecule is CCc1ccc(N(C)c2nccnc2N)cc1. The van der Waals surface area contributed by atoms with Gasteiger partial charge in [-0.05, 0) is 24.1 Å². The Morgan fingerprint density at radius 2 is 1.76 bits per heavy atom. The molecule has 4 nitrogen and oxygen atoms in total. The molecule has 1 aromatic heterocycles. The molecule has 88 valence electrons. The van der Waals surface area contributed by atoms with Crippen LogP contribution in [-0.4, -0.2) is 17.0 Å². The van der Waals surface area contributed by atoms with Crippen molar-refractivity contribution in [3.05, 3.63) is 42.2 Å². The van der Waals surface area contributed by atoms with Gasteiger partial charge in [-0.15, -0.1) is 0 Å². The highest BCUT2D eigenvalue weighted by Gasteiger charge is 2.08. The quantitative estimate of drug-likeness (QED) is 0.876. The van der Waals surface area contributed by atoms with E-state index in [4.69, 9.17) is 5.73 Å². The van der Waals surface area contributed by atoms with Gasteiger partial charge in [0.1, 0.15) is 0 Å². The van der Waals surface area contributed by atoms with Crippen molar-refractivity contribution in [3.63, 3.8) is 0 Å². The minimum atomic E-state index is 0.439. The van der Waals surface area contributed by atoms with Crippen LogP contribution in [0.3, 0.4) is 0 Å². The number of benzene rings is 1. The van der Waals surface area contributed by atoms with Crippen LogP contribution in [0, 0.1) is 0 Å². The second-order valence-electron chi connectivity index (χ2n) is 3.84. The van der Waals surface area contributed by atoms with Crippen LogP contribution in [0.4, 0.5) is 17.3 Å². The van der Waals surface area contributed by atoms with Gasteiger partial charge < -0.3 is 10.6 Å². The summed E-state index contributed by atoms with van der Waals surface area (Å²) >= 11 is 0. The van der Waals surface area contributed by atoms with Gasteiger partial charge in [0.2, 0.25) is 0 Å². The van der Waals surface area contributed by atoms with Crippen molar-refractivity contribution < 1.29 is 0 Å². The number of nitrogen functional groups attached to an aromatic ring is 1. The normalized spacial score (nSPS) is 10.2. The van der Waals surface area contributed by atoms with Crippen LogP contribution in [0.25, 0.3) is 0 Å². The molecule has 0 saturated heterocycles. The minimum Gasteiger partial charge on any atom is -0.381 e. The van der Waals surface area contributed by atoms with E-state index in [0.717, 1.165) is 12.1 Å². The molecule has 0 bridgehead atoms. The van der Waals surface area contributed by atoms with Gasteiger partial charge in [-0.3, -0.25) is 0 Å². The number of hydrogen-bond acceptors (Lipinski definition) is 4. The Bertz CT molecular complexity index is 493. The average Bonchev–Trinajstić information content (AvgIpc) is 2.39. The number of hydrogen-bond donors (Lipinski definition) is 1. The van der Waals surface area contributed by atoms with E-state index in [2.05, 4.69) is 41.2 Å². The molecule has 17 heavy (non-hydrogen) atoms. The molecule has 0 spiro atoms. The van der Waals surface area contributed by atoms with Gasteiger partial charge in [0.25, 0.3) is 0 Å². The first-order chi connectivity index (χ1) is 8.22. The van der Waals surface area contributed by atoms with Crippen LogP contribution in [-0.2, 0) is 6.42 Å². The highest BCUT2D eigenvalue weighted by atomic mass is 15.2. The summed E-state index contributed by atoms with van der Waals surface area (Å²) in [5.41, 5.74) is 8.16. The van der Waals surface area contributed by atoms with Gasteiger partial charge in [0.05, 0.1) is 0 Å². The number of rotatable bonds is 3. The van der Waals surface area contributed by atoms with Crippen LogP contribution in [0.1, 0.15) is 12.5 Å². The van der Waals surface area contributed by atoms with Crippen molar-refractivity contribution in [3.8, 4) is 0 Å². The van der Waals surface area contributed by atoms with Gasteiger partial charge in [0, 0.05) is 25.1 Å². The first kappa shape index (κ1) is 11.4. The summed E-state index contributed by atoms with van der Waals surface area (Å²) in [5.74, 6) is 1.12. The van der Waals surface area contributed by atoms with E-state index in [1.54, 1.807) is 12.4 Å². The second-order valence-corrected chi connectivity index (χ2v) is 3.84. The van der Waals surface area contributed by atoms with E-state index in [-0.39, 0.29) is 0 Å². The van der Waals surface area contributed by atoms with Gasteiger partial charge in [-0.2, -0.15) is 0 Å². The van der Waals surface area contributed by atoms with Crippen LogP contribution in [0.2, 0.25) is 0 Å². The lowest BCUT2D eigenvalue weighted by Crippen LogP contribution is -2.14. The predicted molar refractivity (Wildman–Crippen MR) is 70.3 cm³/mol. The van der Waals surface area contributed by atoms with Gasteiger partial charge in [-0.1, -0.05) is 19.1 Å². The molecule has 0 aliphatic carbocycles. The molecule has 1 heterocycles.